The summed E-state index contributed by atoms with van der Waals surface area (Å²) >= 11 is 0. The smallest absolute Gasteiger partial charge is 0.321 e. The van der Waals surface area contributed by atoms with Crippen molar-refractivity contribution >= 4 is 16.0 Å². The highest BCUT2D eigenvalue weighted by molar-refractivity contribution is 7.90. The van der Waals surface area contributed by atoms with E-state index in [9.17, 15) is 13.2 Å². The maximum absolute atomic E-state index is 11.2. The van der Waals surface area contributed by atoms with Gasteiger partial charge in [0.05, 0.1) is 6.07 Å². The average Bonchev–Trinajstić information content (AvgIpc) is 2.12. The minimum atomic E-state index is -3.86. The van der Waals surface area contributed by atoms with E-state index in [1.54, 1.807) is 6.92 Å². The molecule has 0 aromatic rings. The third-order valence-electron chi connectivity index (χ3n) is 1.66. The fraction of sp³-hybridized carbons (Fsp3) is 0.714. The van der Waals surface area contributed by atoms with Gasteiger partial charge in [-0.2, -0.15) is 9.98 Å². The van der Waals surface area contributed by atoms with Crippen LogP contribution in [0, 0.1) is 11.3 Å². The monoisotopic (exact) mass is 220 g/mol. The molecule has 0 rings (SSSR count). The van der Waals surface area contributed by atoms with Gasteiger partial charge in [0.2, 0.25) is 10.0 Å². The molecule has 14 heavy (non-hydrogen) atoms. The predicted octanol–water partition coefficient (Wildman–Crippen LogP) is -0.319. The number of hydrogen-bond donors (Lipinski definition) is 2. The van der Waals surface area contributed by atoms with Gasteiger partial charge in [-0.05, 0) is 13.3 Å². The van der Waals surface area contributed by atoms with Crippen molar-refractivity contribution in [2.45, 2.75) is 31.6 Å². The molecular formula is C7H12N2O4S. The predicted molar refractivity (Wildman–Crippen MR) is 48.8 cm³/mol. The van der Waals surface area contributed by atoms with Crippen LogP contribution in [0.1, 0.15) is 20.3 Å². The van der Waals surface area contributed by atoms with Crippen LogP contribution in [-0.4, -0.2) is 30.8 Å². The first-order valence-corrected chi connectivity index (χ1v) is 5.53. The molecule has 0 aliphatic rings. The maximum Gasteiger partial charge on any atom is 0.321 e. The zero-order valence-corrected chi connectivity index (χ0v) is 8.71. The Morgan fingerprint density at radius 3 is 2.43 bits per heavy atom. The summed E-state index contributed by atoms with van der Waals surface area (Å²) in [6.07, 6.45) is 0.132. The van der Waals surface area contributed by atoms with Gasteiger partial charge >= 0.3 is 5.97 Å². The molecule has 0 radical (unpaired) electrons. The van der Waals surface area contributed by atoms with Gasteiger partial charge in [0.1, 0.15) is 6.04 Å². The summed E-state index contributed by atoms with van der Waals surface area (Å²) in [5.41, 5.74) is 0. The van der Waals surface area contributed by atoms with E-state index in [0.29, 0.717) is 0 Å². The second kappa shape index (κ2) is 4.93. The first-order valence-electron chi connectivity index (χ1n) is 3.98. The molecule has 0 fully saturated rings. The van der Waals surface area contributed by atoms with Crippen molar-refractivity contribution in [3.63, 3.8) is 0 Å². The molecule has 0 aromatic carbocycles. The largest absolute Gasteiger partial charge is 0.480 e. The third-order valence-corrected chi connectivity index (χ3v) is 3.31. The summed E-state index contributed by atoms with van der Waals surface area (Å²) in [4.78, 5) is 10.5. The summed E-state index contributed by atoms with van der Waals surface area (Å²) in [6.45, 7) is 2.73. The molecule has 7 heteroatoms. The fourth-order valence-electron chi connectivity index (χ4n) is 0.678. The Morgan fingerprint density at radius 1 is 1.64 bits per heavy atom. The van der Waals surface area contributed by atoms with Gasteiger partial charge in [-0.15, -0.1) is 0 Å². The molecule has 0 saturated heterocycles. The number of hydrogen-bond acceptors (Lipinski definition) is 4. The fourth-order valence-corrected chi connectivity index (χ4v) is 1.69. The molecule has 0 aliphatic heterocycles. The molecule has 80 valence electrons. The molecule has 0 bridgehead atoms. The number of nitrogens with zero attached hydrogens (tertiary/aromatic N) is 1. The lowest BCUT2D eigenvalue weighted by molar-refractivity contribution is -0.139. The van der Waals surface area contributed by atoms with Crippen LogP contribution in [0.2, 0.25) is 0 Å². The van der Waals surface area contributed by atoms with Gasteiger partial charge in [0.15, 0.2) is 5.25 Å². The van der Waals surface area contributed by atoms with Crippen LogP contribution in [0.25, 0.3) is 0 Å². The van der Waals surface area contributed by atoms with Crippen LogP contribution in [0.3, 0.4) is 0 Å². The summed E-state index contributed by atoms with van der Waals surface area (Å²) in [5.74, 6) is -1.25. The van der Waals surface area contributed by atoms with E-state index in [4.69, 9.17) is 10.4 Å². The SMILES string of the molecule is CC[C@H](NS(=O)(=O)C(C)C#N)C(=O)O. The van der Waals surface area contributed by atoms with Crippen LogP contribution < -0.4 is 4.72 Å². The van der Waals surface area contributed by atoms with Crippen molar-refractivity contribution in [1.29, 1.82) is 5.26 Å². The van der Waals surface area contributed by atoms with E-state index >= 15 is 0 Å². The number of sulfonamides is 1. The second-order valence-corrected chi connectivity index (χ2v) is 4.77. The Bertz CT molecular complexity index is 343. The molecule has 0 spiro atoms. The number of carboxylic acids is 1. The van der Waals surface area contributed by atoms with Crippen LogP contribution in [0.15, 0.2) is 0 Å². The molecule has 1 unspecified atom stereocenters. The van der Waals surface area contributed by atoms with Gasteiger partial charge in [0, 0.05) is 0 Å². The molecular weight excluding hydrogens is 208 g/mol. The third kappa shape index (κ3) is 3.32. The number of nitrogens with one attached hydrogen (secondary N) is 1. The zero-order valence-electron chi connectivity index (χ0n) is 7.89. The normalized spacial score (nSPS) is 15.5. The van der Waals surface area contributed by atoms with E-state index in [-0.39, 0.29) is 6.42 Å². The Hall–Kier alpha value is -1.13. The van der Waals surface area contributed by atoms with Gasteiger partial charge in [-0.3, -0.25) is 4.79 Å². The van der Waals surface area contributed by atoms with Crippen molar-refractivity contribution in [3.05, 3.63) is 0 Å². The van der Waals surface area contributed by atoms with E-state index in [1.165, 1.54) is 13.0 Å². The highest BCUT2D eigenvalue weighted by Crippen LogP contribution is 2.00. The Morgan fingerprint density at radius 2 is 2.14 bits per heavy atom. The number of nitriles is 1. The molecule has 2 N–H and O–H groups in total. The average molecular weight is 220 g/mol. The van der Waals surface area contributed by atoms with Crippen molar-refractivity contribution in [2.75, 3.05) is 0 Å². The van der Waals surface area contributed by atoms with Crippen LogP contribution in [-0.2, 0) is 14.8 Å². The van der Waals surface area contributed by atoms with Gasteiger partial charge in [0.25, 0.3) is 0 Å². The lowest BCUT2D eigenvalue weighted by Gasteiger charge is -2.13. The standard InChI is InChI=1S/C7H12N2O4S/c1-3-6(7(10)11)9-14(12,13)5(2)4-8/h5-6,9H,3H2,1-2H3,(H,10,11)/t5?,6-/m0/s1. The first-order chi connectivity index (χ1) is 6.35. The molecule has 0 saturated carbocycles. The lowest BCUT2D eigenvalue weighted by atomic mass is 10.2. The summed E-state index contributed by atoms with van der Waals surface area (Å²) in [5, 5.41) is 15.7. The number of aliphatic carboxylic acids is 1. The van der Waals surface area contributed by atoms with Gasteiger partial charge in [-0.1, -0.05) is 6.92 Å². The van der Waals surface area contributed by atoms with E-state index in [1.807, 2.05) is 4.72 Å². The molecule has 0 heterocycles. The topological polar surface area (TPSA) is 107 Å². The number of carboxylic acid groups (broad SMARTS) is 1. The minimum Gasteiger partial charge on any atom is -0.480 e. The molecule has 0 amide bonds. The van der Waals surface area contributed by atoms with Crippen molar-refractivity contribution < 1.29 is 18.3 Å². The van der Waals surface area contributed by atoms with E-state index in [2.05, 4.69) is 0 Å². The van der Waals surface area contributed by atoms with E-state index in [0.717, 1.165) is 0 Å². The molecule has 2 atom stereocenters. The molecule has 0 aromatic heterocycles. The second-order valence-electron chi connectivity index (χ2n) is 2.73. The summed E-state index contributed by atoms with van der Waals surface area (Å²) < 4.78 is 24.4. The highest BCUT2D eigenvalue weighted by atomic mass is 32.2. The quantitative estimate of drug-likeness (QED) is 0.660. The van der Waals surface area contributed by atoms with Crippen molar-refractivity contribution in [3.8, 4) is 6.07 Å². The number of carbonyl (C=O) groups is 1. The maximum atomic E-state index is 11.2. The Kier molecular flexibility index (Phi) is 4.53. The van der Waals surface area contributed by atoms with Crippen molar-refractivity contribution in [2.24, 2.45) is 0 Å². The first kappa shape index (κ1) is 12.9. The van der Waals surface area contributed by atoms with E-state index < -0.39 is 27.3 Å². The lowest BCUT2D eigenvalue weighted by Crippen LogP contribution is -2.43. The summed E-state index contributed by atoms with van der Waals surface area (Å²) in [6, 6.07) is 0.360. The number of rotatable bonds is 5. The van der Waals surface area contributed by atoms with Crippen LogP contribution in [0.4, 0.5) is 0 Å². The zero-order chi connectivity index (χ0) is 11.4. The van der Waals surface area contributed by atoms with Gasteiger partial charge in [-0.25, -0.2) is 8.42 Å². The minimum absolute atomic E-state index is 0.132. The van der Waals surface area contributed by atoms with Crippen LogP contribution >= 0.6 is 0 Å². The summed E-state index contributed by atoms with van der Waals surface area (Å²) in [7, 11) is -3.86. The Labute approximate surface area is 82.6 Å². The molecule has 6 nitrogen and oxygen atoms in total. The highest BCUT2D eigenvalue weighted by Gasteiger charge is 2.26. The Balaban J connectivity index is 4.67. The van der Waals surface area contributed by atoms with Gasteiger partial charge < -0.3 is 5.11 Å². The van der Waals surface area contributed by atoms with Crippen molar-refractivity contribution in [1.82, 2.24) is 4.72 Å². The van der Waals surface area contributed by atoms with Crippen LogP contribution in [0.5, 0.6) is 0 Å². The molecule has 0 aliphatic carbocycles.